The van der Waals surface area contributed by atoms with Gasteiger partial charge >= 0.3 is 5.97 Å². The first-order chi connectivity index (χ1) is 11.6. The van der Waals surface area contributed by atoms with Crippen molar-refractivity contribution in [2.75, 3.05) is 0 Å². The van der Waals surface area contributed by atoms with Crippen molar-refractivity contribution < 1.29 is 14.3 Å². The summed E-state index contributed by atoms with van der Waals surface area (Å²) >= 11 is 0. The van der Waals surface area contributed by atoms with Gasteiger partial charge in [-0.3, -0.25) is 4.79 Å². The molecule has 0 spiro atoms. The largest absolute Gasteiger partial charge is 0.423 e. The van der Waals surface area contributed by atoms with E-state index in [-0.39, 0.29) is 11.3 Å². The zero-order valence-electron chi connectivity index (χ0n) is 13.2. The number of esters is 1. The number of aryl methyl sites for hydroxylation is 1. The molecule has 0 atom stereocenters. The zero-order chi connectivity index (χ0) is 16.9. The van der Waals surface area contributed by atoms with E-state index in [0.717, 1.165) is 5.56 Å². The first-order valence-corrected chi connectivity index (χ1v) is 7.63. The fourth-order valence-corrected chi connectivity index (χ4v) is 2.37. The molecule has 3 nitrogen and oxygen atoms in total. The molecule has 3 heteroatoms. The van der Waals surface area contributed by atoms with Crippen molar-refractivity contribution in [2.24, 2.45) is 0 Å². The van der Waals surface area contributed by atoms with Crippen LogP contribution in [0.2, 0.25) is 0 Å². The third-order valence-corrected chi connectivity index (χ3v) is 3.66. The summed E-state index contributed by atoms with van der Waals surface area (Å²) in [5.74, 6) is -0.293. The van der Waals surface area contributed by atoms with Crippen LogP contribution >= 0.6 is 0 Å². The Labute approximate surface area is 140 Å². The minimum absolute atomic E-state index is 0.202. The number of hydrogen-bond donors (Lipinski definition) is 0. The maximum absolute atomic E-state index is 12.7. The van der Waals surface area contributed by atoms with Crippen LogP contribution in [0.1, 0.15) is 31.8 Å². The molecule has 0 heterocycles. The van der Waals surface area contributed by atoms with E-state index < -0.39 is 5.97 Å². The number of ketones is 1. The Morgan fingerprint density at radius 2 is 1.29 bits per heavy atom. The second kappa shape index (κ2) is 6.92. The third kappa shape index (κ3) is 3.41. The normalized spacial score (nSPS) is 10.2. The molecule has 0 saturated heterocycles. The lowest BCUT2D eigenvalue weighted by Crippen LogP contribution is -2.14. The average Bonchev–Trinajstić information content (AvgIpc) is 2.63. The number of carbonyl (C=O) groups excluding carboxylic acids is 2. The number of rotatable bonds is 4. The van der Waals surface area contributed by atoms with Gasteiger partial charge in [0.05, 0.1) is 5.56 Å². The summed E-state index contributed by atoms with van der Waals surface area (Å²) in [6.45, 7) is 1.96. The number of ether oxygens (including phenoxy) is 1. The van der Waals surface area contributed by atoms with Gasteiger partial charge in [-0.25, -0.2) is 4.79 Å². The van der Waals surface area contributed by atoms with E-state index in [9.17, 15) is 9.59 Å². The zero-order valence-corrected chi connectivity index (χ0v) is 13.2. The van der Waals surface area contributed by atoms with E-state index >= 15 is 0 Å². The van der Waals surface area contributed by atoms with Crippen molar-refractivity contribution in [1.29, 1.82) is 0 Å². The quantitative estimate of drug-likeness (QED) is 0.406. The van der Waals surface area contributed by atoms with E-state index in [2.05, 4.69) is 0 Å². The SMILES string of the molecule is Cc1ccc(OC(=O)c2ccccc2C(=O)c2ccccc2)cc1. The van der Waals surface area contributed by atoms with E-state index in [1.807, 2.05) is 25.1 Å². The van der Waals surface area contributed by atoms with Gasteiger partial charge in [0, 0.05) is 11.1 Å². The van der Waals surface area contributed by atoms with Gasteiger partial charge in [0.25, 0.3) is 0 Å². The van der Waals surface area contributed by atoms with Gasteiger partial charge in [-0.05, 0) is 25.1 Å². The molecule has 0 unspecified atom stereocenters. The third-order valence-electron chi connectivity index (χ3n) is 3.66. The summed E-state index contributed by atoms with van der Waals surface area (Å²) < 4.78 is 5.39. The van der Waals surface area contributed by atoms with Crippen molar-refractivity contribution >= 4 is 11.8 Å². The Kier molecular flexibility index (Phi) is 4.52. The van der Waals surface area contributed by atoms with Crippen LogP contribution in [0.15, 0.2) is 78.9 Å². The molecule has 0 N–H and O–H groups in total. The Balaban J connectivity index is 1.90. The van der Waals surface area contributed by atoms with Gasteiger partial charge in [0.2, 0.25) is 0 Å². The average molecular weight is 316 g/mol. The molecule has 0 radical (unpaired) electrons. The Hall–Kier alpha value is -3.20. The molecular weight excluding hydrogens is 300 g/mol. The molecule has 0 saturated carbocycles. The molecule has 24 heavy (non-hydrogen) atoms. The molecule has 0 fully saturated rings. The second-order valence-corrected chi connectivity index (χ2v) is 5.44. The van der Waals surface area contributed by atoms with Crippen LogP contribution < -0.4 is 4.74 Å². The lowest BCUT2D eigenvalue weighted by atomic mass is 9.98. The fraction of sp³-hybridized carbons (Fsp3) is 0.0476. The summed E-state index contributed by atoms with van der Waals surface area (Å²) in [7, 11) is 0. The molecule has 0 bridgehead atoms. The van der Waals surface area contributed by atoms with E-state index in [1.54, 1.807) is 60.7 Å². The topological polar surface area (TPSA) is 43.4 Å². The number of benzene rings is 3. The Morgan fingerprint density at radius 3 is 1.96 bits per heavy atom. The fourth-order valence-electron chi connectivity index (χ4n) is 2.37. The Morgan fingerprint density at radius 1 is 0.708 bits per heavy atom. The van der Waals surface area contributed by atoms with Crippen LogP contribution in [0.25, 0.3) is 0 Å². The van der Waals surface area contributed by atoms with Crippen LogP contribution in [0.3, 0.4) is 0 Å². The van der Waals surface area contributed by atoms with Crippen LogP contribution in [0.4, 0.5) is 0 Å². The van der Waals surface area contributed by atoms with Gasteiger partial charge in [0.1, 0.15) is 5.75 Å². The highest BCUT2D eigenvalue weighted by Crippen LogP contribution is 2.18. The molecule has 0 aromatic heterocycles. The van der Waals surface area contributed by atoms with E-state index in [0.29, 0.717) is 16.9 Å². The van der Waals surface area contributed by atoms with Crippen molar-refractivity contribution in [1.82, 2.24) is 0 Å². The van der Waals surface area contributed by atoms with Crippen molar-refractivity contribution in [3.63, 3.8) is 0 Å². The summed E-state index contributed by atoms with van der Waals surface area (Å²) in [6, 6.07) is 22.8. The highest BCUT2D eigenvalue weighted by atomic mass is 16.5. The van der Waals surface area contributed by atoms with Gasteiger partial charge in [-0.15, -0.1) is 0 Å². The predicted octanol–water partition coefficient (Wildman–Crippen LogP) is 4.45. The van der Waals surface area contributed by atoms with Gasteiger partial charge in [-0.2, -0.15) is 0 Å². The highest BCUT2D eigenvalue weighted by molar-refractivity contribution is 6.14. The molecule has 3 aromatic rings. The highest BCUT2D eigenvalue weighted by Gasteiger charge is 2.19. The van der Waals surface area contributed by atoms with Crippen LogP contribution in [0.5, 0.6) is 5.75 Å². The molecule has 3 rings (SSSR count). The minimum atomic E-state index is -0.543. The van der Waals surface area contributed by atoms with Crippen LogP contribution in [0, 0.1) is 6.92 Å². The van der Waals surface area contributed by atoms with Crippen LogP contribution in [-0.4, -0.2) is 11.8 Å². The van der Waals surface area contributed by atoms with Gasteiger partial charge < -0.3 is 4.74 Å². The maximum Gasteiger partial charge on any atom is 0.344 e. The lowest BCUT2D eigenvalue weighted by Gasteiger charge is -2.09. The number of hydrogen-bond acceptors (Lipinski definition) is 3. The molecule has 0 amide bonds. The summed E-state index contributed by atoms with van der Waals surface area (Å²) in [6.07, 6.45) is 0. The monoisotopic (exact) mass is 316 g/mol. The smallest absolute Gasteiger partial charge is 0.344 e. The molecular formula is C21H16O3. The molecule has 3 aromatic carbocycles. The molecule has 0 aliphatic carbocycles. The van der Waals surface area contributed by atoms with E-state index in [1.165, 1.54) is 0 Å². The van der Waals surface area contributed by atoms with Gasteiger partial charge in [0.15, 0.2) is 5.78 Å². The summed E-state index contributed by atoms with van der Waals surface area (Å²) in [5, 5.41) is 0. The predicted molar refractivity (Wildman–Crippen MR) is 92.5 cm³/mol. The van der Waals surface area contributed by atoms with Gasteiger partial charge in [-0.1, -0.05) is 66.2 Å². The first kappa shape index (κ1) is 15.7. The standard InChI is InChI=1S/C21H16O3/c1-15-11-13-17(14-12-15)24-21(23)19-10-6-5-9-18(19)20(22)16-7-3-2-4-8-16/h2-14H,1H3. The molecule has 0 aliphatic heterocycles. The summed E-state index contributed by atoms with van der Waals surface area (Å²) in [4.78, 5) is 25.1. The second-order valence-electron chi connectivity index (χ2n) is 5.44. The molecule has 118 valence electrons. The van der Waals surface area contributed by atoms with Crippen molar-refractivity contribution in [3.8, 4) is 5.75 Å². The summed E-state index contributed by atoms with van der Waals surface area (Å²) in [5.41, 5.74) is 2.20. The van der Waals surface area contributed by atoms with Crippen LogP contribution in [-0.2, 0) is 0 Å². The van der Waals surface area contributed by atoms with E-state index in [4.69, 9.17) is 4.74 Å². The number of carbonyl (C=O) groups is 2. The Bertz CT molecular complexity index is 865. The maximum atomic E-state index is 12.7. The van der Waals surface area contributed by atoms with Crippen molar-refractivity contribution in [3.05, 3.63) is 101 Å². The molecule has 0 aliphatic rings. The lowest BCUT2D eigenvalue weighted by molar-refractivity contribution is 0.0730. The first-order valence-electron chi connectivity index (χ1n) is 7.63. The van der Waals surface area contributed by atoms with Crippen molar-refractivity contribution in [2.45, 2.75) is 6.92 Å². The minimum Gasteiger partial charge on any atom is -0.423 e.